The van der Waals surface area contributed by atoms with Crippen LogP contribution in [0.4, 0.5) is 0 Å². The average molecular weight is 209 g/mol. The molecular weight excluding hydrogens is 184 g/mol. The highest BCUT2D eigenvalue weighted by Gasteiger charge is 2.24. The van der Waals surface area contributed by atoms with Crippen LogP contribution in [-0.2, 0) is 0 Å². The maximum atomic E-state index is 4.12. The van der Waals surface area contributed by atoms with Gasteiger partial charge in [0.05, 0.1) is 0 Å². The topological polar surface area (TPSA) is 24.1 Å². The fourth-order valence-electron chi connectivity index (χ4n) is 3.08. The fourth-order valence-corrected chi connectivity index (χ4v) is 3.08. The lowest BCUT2D eigenvalue weighted by atomic mass is 9.89. The van der Waals surface area contributed by atoms with Crippen molar-refractivity contribution in [2.45, 2.75) is 57.0 Å². The van der Waals surface area contributed by atoms with Gasteiger partial charge >= 0.3 is 0 Å². The molecule has 2 heterocycles. The molecule has 2 nitrogen and oxygen atoms in total. The molecule has 3 atom stereocenters. The Hall–Kier alpha value is -0.0800. The van der Waals surface area contributed by atoms with Gasteiger partial charge in [0.25, 0.3) is 0 Å². The van der Waals surface area contributed by atoms with Crippen molar-refractivity contribution in [1.82, 2.24) is 10.6 Å². The molecule has 2 rings (SSSR count). The number of hydrogen-bond donors (Lipinski definition) is 2. The van der Waals surface area contributed by atoms with Gasteiger partial charge in [0, 0.05) is 12.1 Å². The van der Waals surface area contributed by atoms with Crippen LogP contribution >= 0.6 is 0 Å². The molecule has 0 aliphatic carbocycles. The van der Waals surface area contributed by atoms with E-state index in [9.17, 15) is 0 Å². The van der Waals surface area contributed by atoms with Gasteiger partial charge in [-0.2, -0.15) is 0 Å². The summed E-state index contributed by atoms with van der Waals surface area (Å²) in [6.45, 7) is 6.58. The first-order valence-electron chi connectivity index (χ1n) is 6.66. The smallest absolute Gasteiger partial charge is 0.00958 e. The highest BCUT2D eigenvalue weighted by molar-refractivity contribution is 4.84. The summed E-state index contributed by atoms with van der Waals surface area (Å²) < 4.78 is 0. The molecule has 2 N–H and O–H groups in total. The van der Waals surface area contributed by atoms with Crippen molar-refractivity contribution in [3.63, 3.8) is 0 Å². The molecule has 2 saturated heterocycles. The third kappa shape index (κ3) is 3.18. The summed E-state index contributed by atoms with van der Waals surface area (Å²) in [5.74, 6) is 0.815. The summed E-state index contributed by atoms with van der Waals surface area (Å²) in [5.41, 5.74) is 0. The van der Waals surface area contributed by atoms with Gasteiger partial charge in [-0.15, -0.1) is 0 Å². The van der Waals surface area contributed by atoms with E-state index < -0.39 is 0 Å². The largest absolute Gasteiger partial charge is 0.314 e. The van der Waals surface area contributed by atoms with Crippen molar-refractivity contribution in [2.75, 3.05) is 13.1 Å². The molecule has 2 heteroatoms. The van der Waals surface area contributed by atoms with Gasteiger partial charge < -0.3 is 10.6 Å². The van der Waals surface area contributed by atoms with Crippen LogP contribution < -0.4 is 10.6 Å². The van der Waals surface area contributed by atoms with Crippen molar-refractivity contribution in [1.29, 1.82) is 0 Å². The van der Waals surface area contributed by atoms with E-state index in [1.165, 1.54) is 51.6 Å². The Balaban J connectivity index is 1.69. The Morgan fingerprint density at radius 1 is 1.13 bits per heavy atom. The quantitative estimate of drug-likeness (QED) is 0.724. The van der Waals surface area contributed by atoms with Crippen LogP contribution in [-0.4, -0.2) is 25.2 Å². The van der Waals surface area contributed by atoms with E-state index in [-0.39, 0.29) is 0 Å². The first kappa shape index (κ1) is 11.4. The number of hydrogen-bond acceptors (Lipinski definition) is 2. The molecule has 0 aromatic carbocycles. The lowest BCUT2D eigenvalue weighted by Crippen LogP contribution is -2.31. The zero-order chi connectivity index (χ0) is 10.5. The maximum absolute atomic E-state index is 4.12. The molecule has 1 radical (unpaired) electrons. The van der Waals surface area contributed by atoms with Gasteiger partial charge in [0.2, 0.25) is 0 Å². The zero-order valence-electron chi connectivity index (χ0n) is 9.80. The Labute approximate surface area is 94.2 Å². The average Bonchev–Trinajstić information content (AvgIpc) is 2.90. The normalized spacial score (nSPS) is 33.4. The Morgan fingerprint density at radius 2 is 1.93 bits per heavy atom. The van der Waals surface area contributed by atoms with Crippen molar-refractivity contribution in [2.24, 2.45) is 5.92 Å². The van der Waals surface area contributed by atoms with Gasteiger partial charge in [0.15, 0.2) is 0 Å². The van der Waals surface area contributed by atoms with E-state index in [1.54, 1.807) is 0 Å². The highest BCUT2D eigenvalue weighted by atomic mass is 14.9. The van der Waals surface area contributed by atoms with Crippen LogP contribution in [0.3, 0.4) is 0 Å². The Morgan fingerprint density at radius 3 is 2.53 bits per heavy atom. The monoisotopic (exact) mass is 209 g/mol. The van der Waals surface area contributed by atoms with Crippen molar-refractivity contribution in [3.05, 3.63) is 6.92 Å². The van der Waals surface area contributed by atoms with Crippen molar-refractivity contribution >= 4 is 0 Å². The molecule has 0 saturated carbocycles. The van der Waals surface area contributed by atoms with E-state index in [0.29, 0.717) is 0 Å². The third-order valence-electron chi connectivity index (χ3n) is 4.09. The van der Waals surface area contributed by atoms with Crippen LogP contribution in [0, 0.1) is 12.8 Å². The number of rotatable bonds is 5. The lowest BCUT2D eigenvalue weighted by molar-refractivity contribution is 0.341. The fraction of sp³-hybridized carbons (Fsp3) is 0.923. The molecule has 2 aliphatic heterocycles. The Kier molecular flexibility index (Phi) is 4.45. The SMILES string of the molecule is [CH2]CC(CCC1CCCN1)C1CCCN1. The van der Waals surface area contributed by atoms with Gasteiger partial charge in [0.1, 0.15) is 0 Å². The summed E-state index contributed by atoms with van der Waals surface area (Å²) >= 11 is 0. The second-order valence-corrected chi connectivity index (χ2v) is 5.12. The van der Waals surface area contributed by atoms with Crippen LogP contribution in [0.15, 0.2) is 0 Å². The van der Waals surface area contributed by atoms with Crippen LogP contribution in [0.25, 0.3) is 0 Å². The minimum absolute atomic E-state index is 0.768. The predicted molar refractivity (Wildman–Crippen MR) is 64.7 cm³/mol. The molecule has 87 valence electrons. The molecule has 0 amide bonds. The molecule has 2 fully saturated rings. The van der Waals surface area contributed by atoms with E-state index in [2.05, 4.69) is 17.6 Å². The van der Waals surface area contributed by atoms with Crippen LogP contribution in [0.5, 0.6) is 0 Å². The molecule has 0 spiro atoms. The standard InChI is InChI=1S/C13H25N2/c1-2-11(13-6-4-10-15-13)7-8-12-5-3-9-14-12/h11-15H,1-10H2. The molecule has 0 aromatic heterocycles. The van der Waals surface area contributed by atoms with Gasteiger partial charge in [-0.3, -0.25) is 0 Å². The second-order valence-electron chi connectivity index (χ2n) is 5.12. The summed E-state index contributed by atoms with van der Waals surface area (Å²) in [6, 6.07) is 1.57. The molecular formula is C13H25N2. The van der Waals surface area contributed by atoms with Crippen LogP contribution in [0.2, 0.25) is 0 Å². The lowest BCUT2D eigenvalue weighted by Gasteiger charge is -2.23. The van der Waals surface area contributed by atoms with Gasteiger partial charge in [-0.05, 0) is 64.0 Å². The maximum Gasteiger partial charge on any atom is 0.00958 e. The van der Waals surface area contributed by atoms with E-state index in [4.69, 9.17) is 0 Å². The molecule has 3 unspecified atom stereocenters. The van der Waals surface area contributed by atoms with Gasteiger partial charge in [-0.1, -0.05) is 6.92 Å². The first-order chi connectivity index (χ1) is 7.40. The van der Waals surface area contributed by atoms with E-state index in [0.717, 1.165) is 24.4 Å². The first-order valence-corrected chi connectivity index (χ1v) is 6.66. The molecule has 0 aromatic rings. The summed E-state index contributed by atoms with van der Waals surface area (Å²) in [7, 11) is 0. The Bertz CT molecular complexity index is 169. The molecule has 0 bridgehead atoms. The second kappa shape index (κ2) is 5.86. The van der Waals surface area contributed by atoms with Crippen molar-refractivity contribution < 1.29 is 0 Å². The van der Waals surface area contributed by atoms with Crippen molar-refractivity contribution in [3.8, 4) is 0 Å². The number of nitrogens with one attached hydrogen (secondary N) is 2. The molecule has 15 heavy (non-hydrogen) atoms. The van der Waals surface area contributed by atoms with Gasteiger partial charge in [-0.25, -0.2) is 0 Å². The predicted octanol–water partition coefficient (Wildman–Crippen LogP) is 2.11. The van der Waals surface area contributed by atoms with Crippen LogP contribution in [0.1, 0.15) is 44.9 Å². The summed E-state index contributed by atoms with van der Waals surface area (Å²) in [5, 5.41) is 7.21. The van der Waals surface area contributed by atoms with E-state index in [1.807, 2.05) is 0 Å². The third-order valence-corrected chi connectivity index (χ3v) is 4.09. The molecule has 2 aliphatic rings. The van der Waals surface area contributed by atoms with E-state index >= 15 is 0 Å². The zero-order valence-corrected chi connectivity index (χ0v) is 9.80. The minimum Gasteiger partial charge on any atom is -0.314 e. The summed E-state index contributed by atoms with van der Waals surface area (Å²) in [6.07, 6.45) is 9.33. The minimum atomic E-state index is 0.768. The summed E-state index contributed by atoms with van der Waals surface area (Å²) in [4.78, 5) is 0. The highest BCUT2D eigenvalue weighted by Crippen LogP contribution is 2.24.